The highest BCUT2D eigenvalue weighted by atomic mass is 16.3. The predicted molar refractivity (Wildman–Crippen MR) is 75.4 cm³/mol. The molecule has 0 radical (unpaired) electrons. The predicted octanol–water partition coefficient (Wildman–Crippen LogP) is 3.12. The van der Waals surface area contributed by atoms with E-state index in [1.165, 1.54) is 24.0 Å². The Balaban J connectivity index is 2.01. The average molecular weight is 247 g/mol. The largest absolute Gasteiger partial charge is 0.390 e. The Bertz CT molecular complexity index is 383. The summed E-state index contributed by atoms with van der Waals surface area (Å²) < 4.78 is 0. The first-order chi connectivity index (χ1) is 8.39. The number of rotatable bonds is 4. The molecule has 1 saturated carbocycles. The third-order valence-corrected chi connectivity index (χ3v) is 4.05. The van der Waals surface area contributed by atoms with Crippen LogP contribution in [-0.2, 0) is 12.0 Å². The van der Waals surface area contributed by atoms with E-state index in [0.717, 1.165) is 25.7 Å². The summed E-state index contributed by atoms with van der Waals surface area (Å²) in [4.78, 5) is 0. The Morgan fingerprint density at radius 3 is 2.22 bits per heavy atom. The van der Waals surface area contributed by atoms with Gasteiger partial charge in [0.1, 0.15) is 0 Å². The molecule has 0 spiro atoms. The van der Waals surface area contributed by atoms with E-state index < -0.39 is 5.60 Å². The van der Waals surface area contributed by atoms with Crippen molar-refractivity contribution >= 4 is 0 Å². The third kappa shape index (κ3) is 3.33. The Hall–Kier alpha value is -0.860. The Kier molecular flexibility index (Phi) is 3.79. The Labute approximate surface area is 110 Å². The maximum Gasteiger partial charge on any atom is 0.0594 e. The highest BCUT2D eigenvalue weighted by Crippen LogP contribution is 2.36. The van der Waals surface area contributed by atoms with Gasteiger partial charge in [0.25, 0.3) is 0 Å². The first-order valence-electron chi connectivity index (χ1n) is 7.00. The van der Waals surface area contributed by atoms with Gasteiger partial charge in [-0.05, 0) is 50.7 Å². The summed E-state index contributed by atoms with van der Waals surface area (Å²) in [5.41, 5.74) is 8.31. The minimum Gasteiger partial charge on any atom is -0.390 e. The van der Waals surface area contributed by atoms with Crippen molar-refractivity contribution in [2.45, 2.75) is 63.5 Å². The van der Waals surface area contributed by atoms with Gasteiger partial charge < -0.3 is 10.8 Å². The average Bonchev–Trinajstić information content (AvgIpc) is 2.75. The highest BCUT2D eigenvalue weighted by Gasteiger charge is 2.30. The highest BCUT2D eigenvalue weighted by molar-refractivity contribution is 5.29. The fraction of sp³-hybridized carbons (Fsp3) is 0.625. The van der Waals surface area contributed by atoms with Crippen LogP contribution in [0.25, 0.3) is 0 Å². The normalized spacial score (nSPS) is 19.1. The lowest BCUT2D eigenvalue weighted by Gasteiger charge is -2.24. The molecular weight excluding hydrogens is 222 g/mol. The van der Waals surface area contributed by atoms with Crippen molar-refractivity contribution in [2.75, 3.05) is 0 Å². The molecule has 3 N–H and O–H groups in total. The van der Waals surface area contributed by atoms with Crippen LogP contribution in [0.15, 0.2) is 24.3 Å². The van der Waals surface area contributed by atoms with E-state index in [4.69, 9.17) is 5.73 Å². The summed E-state index contributed by atoms with van der Waals surface area (Å²) in [6, 6.07) is 8.66. The number of aliphatic hydroxyl groups is 1. The molecule has 0 aliphatic heterocycles. The molecule has 0 amide bonds. The molecule has 0 atom stereocenters. The monoisotopic (exact) mass is 247 g/mol. The van der Waals surface area contributed by atoms with Crippen LogP contribution in [-0.4, -0.2) is 10.7 Å². The summed E-state index contributed by atoms with van der Waals surface area (Å²) in [6.07, 6.45) is 6.42. The molecule has 100 valence electrons. The van der Waals surface area contributed by atoms with Crippen molar-refractivity contribution in [3.05, 3.63) is 35.4 Å². The van der Waals surface area contributed by atoms with Crippen molar-refractivity contribution in [1.82, 2.24) is 0 Å². The maximum absolute atomic E-state index is 9.73. The van der Waals surface area contributed by atoms with Crippen LogP contribution in [0.3, 0.4) is 0 Å². The van der Waals surface area contributed by atoms with Gasteiger partial charge in [-0.2, -0.15) is 0 Å². The van der Waals surface area contributed by atoms with E-state index in [1.54, 1.807) is 0 Å². The van der Waals surface area contributed by atoms with Crippen LogP contribution in [0.4, 0.5) is 0 Å². The lowest BCUT2D eigenvalue weighted by molar-refractivity contribution is 0.0714. The molecule has 0 saturated heterocycles. The Morgan fingerprint density at radius 1 is 1.17 bits per heavy atom. The van der Waals surface area contributed by atoms with Crippen molar-refractivity contribution < 1.29 is 5.11 Å². The molecule has 18 heavy (non-hydrogen) atoms. The minimum atomic E-state index is -0.584. The molecule has 0 aromatic heterocycles. The van der Waals surface area contributed by atoms with Gasteiger partial charge in [0.15, 0.2) is 0 Å². The molecule has 0 heterocycles. The molecule has 0 bridgehead atoms. The van der Waals surface area contributed by atoms with E-state index in [0.29, 0.717) is 0 Å². The molecule has 1 aromatic rings. The summed E-state index contributed by atoms with van der Waals surface area (Å²) in [5.74, 6) is 0. The van der Waals surface area contributed by atoms with Crippen LogP contribution in [0.5, 0.6) is 0 Å². The summed E-state index contributed by atoms with van der Waals surface area (Å²) in [6.45, 7) is 3.71. The first-order valence-corrected chi connectivity index (χ1v) is 7.00. The van der Waals surface area contributed by atoms with Crippen LogP contribution in [0.1, 0.15) is 57.1 Å². The summed E-state index contributed by atoms with van der Waals surface area (Å²) in [5, 5.41) is 9.73. The molecule has 2 nitrogen and oxygen atoms in total. The molecule has 2 heteroatoms. The number of nitrogens with two attached hydrogens (primary N) is 1. The second-order valence-electron chi connectivity index (χ2n) is 6.37. The molecule has 1 aromatic carbocycles. The van der Waals surface area contributed by atoms with Crippen LogP contribution in [0.2, 0.25) is 0 Å². The van der Waals surface area contributed by atoms with Crippen molar-refractivity contribution in [3.8, 4) is 0 Å². The SMILES string of the molecule is CC(C)(O)CCc1ccc(C2(N)CCCC2)cc1. The van der Waals surface area contributed by atoms with Gasteiger partial charge in [-0.3, -0.25) is 0 Å². The van der Waals surface area contributed by atoms with Crippen molar-refractivity contribution in [3.63, 3.8) is 0 Å². The quantitative estimate of drug-likeness (QED) is 0.858. The number of hydrogen-bond acceptors (Lipinski definition) is 2. The third-order valence-electron chi connectivity index (χ3n) is 4.05. The second-order valence-corrected chi connectivity index (χ2v) is 6.37. The zero-order valence-electron chi connectivity index (χ0n) is 11.6. The number of benzene rings is 1. The molecule has 1 aliphatic carbocycles. The lowest BCUT2D eigenvalue weighted by atomic mass is 9.88. The maximum atomic E-state index is 9.73. The smallest absolute Gasteiger partial charge is 0.0594 e. The van der Waals surface area contributed by atoms with E-state index in [-0.39, 0.29) is 5.54 Å². The molecule has 1 fully saturated rings. The van der Waals surface area contributed by atoms with Crippen molar-refractivity contribution in [1.29, 1.82) is 0 Å². The van der Waals surface area contributed by atoms with Gasteiger partial charge in [-0.15, -0.1) is 0 Å². The van der Waals surface area contributed by atoms with E-state index in [2.05, 4.69) is 24.3 Å². The van der Waals surface area contributed by atoms with Gasteiger partial charge in [0.05, 0.1) is 5.60 Å². The molecule has 2 rings (SSSR count). The standard InChI is InChI=1S/C16H25NO/c1-15(2,18)12-9-13-5-7-14(8-6-13)16(17)10-3-4-11-16/h5-8,18H,3-4,9-12,17H2,1-2H3. The van der Waals surface area contributed by atoms with E-state index in [9.17, 15) is 5.11 Å². The van der Waals surface area contributed by atoms with Gasteiger partial charge in [-0.1, -0.05) is 37.1 Å². The molecular formula is C16H25NO. The van der Waals surface area contributed by atoms with Gasteiger partial charge in [0, 0.05) is 5.54 Å². The van der Waals surface area contributed by atoms with E-state index >= 15 is 0 Å². The fourth-order valence-corrected chi connectivity index (χ4v) is 2.75. The fourth-order valence-electron chi connectivity index (χ4n) is 2.75. The van der Waals surface area contributed by atoms with Gasteiger partial charge in [0.2, 0.25) is 0 Å². The first kappa shape index (κ1) is 13.6. The van der Waals surface area contributed by atoms with Crippen LogP contribution >= 0.6 is 0 Å². The molecule has 1 aliphatic rings. The van der Waals surface area contributed by atoms with Gasteiger partial charge in [-0.25, -0.2) is 0 Å². The zero-order chi connectivity index (χ0) is 13.2. The summed E-state index contributed by atoms with van der Waals surface area (Å²) in [7, 11) is 0. The lowest BCUT2D eigenvalue weighted by Crippen LogP contribution is -2.32. The number of hydrogen-bond donors (Lipinski definition) is 2. The van der Waals surface area contributed by atoms with E-state index in [1.807, 2.05) is 13.8 Å². The minimum absolute atomic E-state index is 0.0885. The van der Waals surface area contributed by atoms with Gasteiger partial charge >= 0.3 is 0 Å². The van der Waals surface area contributed by atoms with Crippen LogP contribution in [0, 0.1) is 0 Å². The van der Waals surface area contributed by atoms with Crippen LogP contribution < -0.4 is 5.73 Å². The van der Waals surface area contributed by atoms with Crippen molar-refractivity contribution in [2.24, 2.45) is 5.73 Å². The molecule has 0 unspecified atom stereocenters. The second kappa shape index (κ2) is 5.02. The topological polar surface area (TPSA) is 46.2 Å². The summed E-state index contributed by atoms with van der Waals surface area (Å²) >= 11 is 0. The Morgan fingerprint density at radius 2 is 1.72 bits per heavy atom. The zero-order valence-corrected chi connectivity index (χ0v) is 11.6. The number of aryl methyl sites for hydroxylation is 1.